The smallest absolute Gasteiger partial charge is 0.0640 e. The molecule has 2 rings (SSSR count). The molecule has 1 aliphatic rings. The van der Waals surface area contributed by atoms with Crippen molar-refractivity contribution in [2.45, 2.75) is 64.5 Å². The van der Waals surface area contributed by atoms with Crippen LogP contribution in [-0.4, -0.2) is 15.8 Å². The van der Waals surface area contributed by atoms with Crippen molar-refractivity contribution >= 4 is 0 Å². The van der Waals surface area contributed by atoms with E-state index in [0.717, 1.165) is 12.1 Å². The third-order valence-electron chi connectivity index (χ3n) is 4.05. The minimum atomic E-state index is 0.376. The molecule has 4 nitrogen and oxygen atoms in total. The number of nitrogens with zero attached hydrogens (tertiary/aromatic N) is 2. The highest BCUT2D eigenvalue weighted by Gasteiger charge is 2.23. The molecule has 0 amide bonds. The maximum atomic E-state index is 5.73. The molecule has 1 fully saturated rings. The average Bonchev–Trinajstić information content (AvgIpc) is 2.86. The lowest BCUT2D eigenvalue weighted by Crippen LogP contribution is -2.43. The normalized spacial score (nSPS) is 19.3. The zero-order valence-electron chi connectivity index (χ0n) is 11.6. The second-order valence-electron chi connectivity index (χ2n) is 5.76. The van der Waals surface area contributed by atoms with Crippen LogP contribution in [0.1, 0.15) is 57.7 Å². The van der Waals surface area contributed by atoms with Crippen LogP contribution in [0.2, 0.25) is 0 Å². The van der Waals surface area contributed by atoms with Crippen molar-refractivity contribution in [3.63, 3.8) is 0 Å². The van der Waals surface area contributed by atoms with Crippen molar-refractivity contribution in [3.8, 4) is 0 Å². The maximum Gasteiger partial charge on any atom is 0.0640 e. The summed E-state index contributed by atoms with van der Waals surface area (Å²) in [5.74, 6) is 6.45. The summed E-state index contributed by atoms with van der Waals surface area (Å²) in [5.41, 5.74) is 4.16. The Bertz CT molecular complexity index is 352. The van der Waals surface area contributed by atoms with E-state index < -0.39 is 0 Å². The van der Waals surface area contributed by atoms with Gasteiger partial charge in [-0.25, -0.2) is 0 Å². The Kier molecular flexibility index (Phi) is 4.78. The van der Waals surface area contributed by atoms with Gasteiger partial charge in [0.25, 0.3) is 0 Å². The summed E-state index contributed by atoms with van der Waals surface area (Å²) in [6, 6.07) is 2.92. The standard InChI is InChI=1S/C14H26N4/c1-11(2)18-9-8-13(17-18)10-14(16-15)12-6-4-3-5-7-12/h8-9,11-12,14,16H,3-7,10,15H2,1-2H3. The molecule has 0 spiro atoms. The largest absolute Gasteiger partial charge is 0.271 e. The molecule has 3 N–H and O–H groups in total. The zero-order valence-corrected chi connectivity index (χ0v) is 11.6. The van der Waals surface area contributed by atoms with E-state index in [2.05, 4.69) is 36.6 Å². The van der Waals surface area contributed by atoms with Gasteiger partial charge < -0.3 is 0 Å². The van der Waals surface area contributed by atoms with Crippen molar-refractivity contribution in [1.29, 1.82) is 0 Å². The number of nitrogens with two attached hydrogens (primary N) is 1. The van der Waals surface area contributed by atoms with Gasteiger partial charge in [-0.3, -0.25) is 16.0 Å². The average molecular weight is 250 g/mol. The molecule has 0 saturated heterocycles. The zero-order chi connectivity index (χ0) is 13.0. The lowest BCUT2D eigenvalue weighted by molar-refractivity contribution is 0.267. The Morgan fingerprint density at radius 1 is 1.39 bits per heavy atom. The first kappa shape index (κ1) is 13.6. The van der Waals surface area contributed by atoms with Crippen molar-refractivity contribution in [3.05, 3.63) is 18.0 Å². The maximum absolute atomic E-state index is 5.73. The molecule has 1 aromatic rings. The molecule has 102 valence electrons. The Morgan fingerprint density at radius 2 is 2.11 bits per heavy atom. The quantitative estimate of drug-likeness (QED) is 0.623. The molecular formula is C14H26N4. The number of aromatic nitrogens is 2. The fourth-order valence-corrected chi connectivity index (χ4v) is 2.90. The van der Waals surface area contributed by atoms with Gasteiger partial charge >= 0.3 is 0 Å². The third-order valence-corrected chi connectivity index (χ3v) is 4.05. The lowest BCUT2D eigenvalue weighted by Gasteiger charge is -2.29. The minimum Gasteiger partial charge on any atom is -0.271 e. The van der Waals surface area contributed by atoms with Gasteiger partial charge in [-0.05, 0) is 38.7 Å². The van der Waals surface area contributed by atoms with Crippen LogP contribution in [-0.2, 0) is 6.42 Å². The van der Waals surface area contributed by atoms with E-state index >= 15 is 0 Å². The number of rotatable bonds is 5. The number of nitrogens with one attached hydrogen (secondary N) is 1. The van der Waals surface area contributed by atoms with E-state index in [1.165, 1.54) is 32.1 Å². The fraction of sp³-hybridized carbons (Fsp3) is 0.786. The summed E-state index contributed by atoms with van der Waals surface area (Å²) >= 11 is 0. The van der Waals surface area contributed by atoms with Crippen LogP contribution in [0.4, 0.5) is 0 Å². The number of hydrogen-bond donors (Lipinski definition) is 2. The summed E-state index contributed by atoms with van der Waals surface area (Å²) in [6.45, 7) is 4.30. The van der Waals surface area contributed by atoms with E-state index in [4.69, 9.17) is 5.84 Å². The first-order valence-corrected chi connectivity index (χ1v) is 7.21. The van der Waals surface area contributed by atoms with Gasteiger partial charge in [0.05, 0.1) is 5.69 Å². The second kappa shape index (κ2) is 6.34. The van der Waals surface area contributed by atoms with Crippen LogP contribution in [0.3, 0.4) is 0 Å². The Labute approximate surface area is 110 Å². The van der Waals surface area contributed by atoms with Gasteiger partial charge in [-0.15, -0.1) is 0 Å². The summed E-state index contributed by atoms with van der Waals surface area (Å²) in [5, 5.41) is 4.61. The highest BCUT2D eigenvalue weighted by atomic mass is 15.3. The second-order valence-corrected chi connectivity index (χ2v) is 5.76. The molecule has 1 aliphatic carbocycles. The van der Waals surface area contributed by atoms with Crippen molar-refractivity contribution in [2.24, 2.45) is 11.8 Å². The molecule has 4 heteroatoms. The Balaban J connectivity index is 1.95. The predicted octanol–water partition coefficient (Wildman–Crippen LogP) is 2.42. The molecule has 1 aromatic heterocycles. The van der Waals surface area contributed by atoms with E-state index in [-0.39, 0.29) is 0 Å². The fourth-order valence-electron chi connectivity index (χ4n) is 2.90. The molecule has 0 aromatic carbocycles. The molecule has 0 radical (unpaired) electrons. The van der Waals surface area contributed by atoms with Gasteiger partial charge in [0.1, 0.15) is 0 Å². The highest BCUT2D eigenvalue weighted by molar-refractivity contribution is 5.03. The van der Waals surface area contributed by atoms with E-state index in [9.17, 15) is 0 Å². The van der Waals surface area contributed by atoms with Gasteiger partial charge in [-0.1, -0.05) is 19.3 Å². The predicted molar refractivity (Wildman–Crippen MR) is 74.0 cm³/mol. The molecular weight excluding hydrogens is 224 g/mol. The molecule has 18 heavy (non-hydrogen) atoms. The number of hydrazine groups is 1. The summed E-state index contributed by atoms with van der Waals surface area (Å²) < 4.78 is 2.02. The Morgan fingerprint density at radius 3 is 2.67 bits per heavy atom. The van der Waals surface area contributed by atoms with Gasteiger partial charge in [0.2, 0.25) is 0 Å². The molecule has 0 bridgehead atoms. The van der Waals surface area contributed by atoms with Crippen molar-refractivity contribution < 1.29 is 0 Å². The monoisotopic (exact) mass is 250 g/mol. The van der Waals surface area contributed by atoms with E-state index in [1.807, 2.05) is 4.68 Å². The van der Waals surface area contributed by atoms with Crippen LogP contribution in [0.25, 0.3) is 0 Å². The first-order valence-electron chi connectivity index (χ1n) is 7.21. The van der Waals surface area contributed by atoms with E-state index in [1.54, 1.807) is 0 Å². The van der Waals surface area contributed by atoms with E-state index in [0.29, 0.717) is 18.0 Å². The Hall–Kier alpha value is -0.870. The molecule has 1 atom stereocenters. The van der Waals surface area contributed by atoms with Gasteiger partial charge in [0, 0.05) is 24.7 Å². The third kappa shape index (κ3) is 3.33. The van der Waals surface area contributed by atoms with Crippen LogP contribution in [0.5, 0.6) is 0 Å². The van der Waals surface area contributed by atoms with Crippen molar-refractivity contribution in [2.75, 3.05) is 0 Å². The molecule has 1 saturated carbocycles. The van der Waals surface area contributed by atoms with Crippen LogP contribution in [0, 0.1) is 5.92 Å². The molecule has 1 unspecified atom stereocenters. The molecule has 0 aliphatic heterocycles. The first-order chi connectivity index (χ1) is 8.70. The van der Waals surface area contributed by atoms with Crippen molar-refractivity contribution in [1.82, 2.24) is 15.2 Å². The van der Waals surface area contributed by atoms with Crippen LogP contribution < -0.4 is 11.3 Å². The van der Waals surface area contributed by atoms with Crippen LogP contribution >= 0.6 is 0 Å². The lowest BCUT2D eigenvalue weighted by atomic mass is 9.82. The minimum absolute atomic E-state index is 0.376. The SMILES string of the molecule is CC(C)n1ccc(CC(NN)C2CCCCC2)n1. The summed E-state index contributed by atoms with van der Waals surface area (Å²) in [4.78, 5) is 0. The van der Waals surface area contributed by atoms with Gasteiger partial charge in [-0.2, -0.15) is 5.10 Å². The summed E-state index contributed by atoms with van der Waals surface area (Å²) in [6.07, 6.45) is 9.71. The number of hydrogen-bond acceptors (Lipinski definition) is 3. The van der Waals surface area contributed by atoms with Gasteiger partial charge in [0.15, 0.2) is 0 Å². The topological polar surface area (TPSA) is 55.9 Å². The van der Waals surface area contributed by atoms with Crippen LogP contribution in [0.15, 0.2) is 12.3 Å². The molecule has 1 heterocycles. The summed E-state index contributed by atoms with van der Waals surface area (Å²) in [7, 11) is 0. The highest BCUT2D eigenvalue weighted by Crippen LogP contribution is 2.27.